The molecule has 0 aliphatic carbocycles. The normalized spacial score (nSPS) is 20.5. The van der Waals surface area contributed by atoms with Crippen molar-refractivity contribution in [1.82, 2.24) is 5.32 Å². The van der Waals surface area contributed by atoms with Crippen LogP contribution in [0.15, 0.2) is 18.2 Å². The van der Waals surface area contributed by atoms with Crippen LogP contribution in [0.5, 0.6) is 11.5 Å². The fourth-order valence-electron chi connectivity index (χ4n) is 3.18. The number of benzene rings is 1. The molecule has 0 atom stereocenters. The van der Waals surface area contributed by atoms with E-state index in [1.165, 1.54) is 4.90 Å². The number of nitrogens with one attached hydrogen (secondary N) is 2. The molecule has 1 aromatic rings. The van der Waals surface area contributed by atoms with E-state index in [9.17, 15) is 4.79 Å². The standard InChI is InChI=1S/C18H28N2O4/c1-22-11-8-19-18(21)14-6-9-20(10-7-14)13-15-12-16(23-2)4-5-17(15)24-3/h4-5,12,14H,6-11,13H2,1-3H3,(H,19,21)/p+1. The van der Waals surface area contributed by atoms with E-state index in [-0.39, 0.29) is 11.8 Å². The van der Waals surface area contributed by atoms with Gasteiger partial charge in [0.15, 0.2) is 0 Å². The fraction of sp³-hybridized carbons (Fsp3) is 0.611. The lowest BCUT2D eigenvalue weighted by atomic mass is 9.95. The van der Waals surface area contributed by atoms with E-state index in [2.05, 4.69) is 5.32 Å². The average Bonchev–Trinajstić information content (AvgIpc) is 2.62. The largest absolute Gasteiger partial charge is 0.497 e. The second kappa shape index (κ2) is 9.49. The maximum Gasteiger partial charge on any atom is 0.223 e. The minimum atomic E-state index is 0.123. The molecule has 1 amide bonds. The summed E-state index contributed by atoms with van der Waals surface area (Å²) in [5.74, 6) is 2.02. The summed E-state index contributed by atoms with van der Waals surface area (Å²) in [4.78, 5) is 13.6. The summed E-state index contributed by atoms with van der Waals surface area (Å²) in [6.45, 7) is 4.01. The fourth-order valence-corrected chi connectivity index (χ4v) is 3.18. The second-order valence-electron chi connectivity index (χ2n) is 6.16. The first-order valence-corrected chi connectivity index (χ1v) is 8.49. The highest BCUT2D eigenvalue weighted by Crippen LogP contribution is 2.23. The molecule has 0 unspecified atom stereocenters. The van der Waals surface area contributed by atoms with Crippen molar-refractivity contribution in [3.63, 3.8) is 0 Å². The predicted molar refractivity (Wildman–Crippen MR) is 91.6 cm³/mol. The van der Waals surface area contributed by atoms with E-state index in [1.54, 1.807) is 21.3 Å². The van der Waals surface area contributed by atoms with Crippen molar-refractivity contribution in [3.8, 4) is 11.5 Å². The van der Waals surface area contributed by atoms with E-state index in [4.69, 9.17) is 14.2 Å². The molecule has 0 radical (unpaired) electrons. The first-order chi connectivity index (χ1) is 11.7. The molecule has 2 N–H and O–H groups in total. The number of hydrogen-bond acceptors (Lipinski definition) is 4. The van der Waals surface area contributed by atoms with Gasteiger partial charge in [-0.1, -0.05) is 0 Å². The van der Waals surface area contributed by atoms with Crippen molar-refractivity contribution in [1.29, 1.82) is 0 Å². The number of quaternary nitrogens is 1. The van der Waals surface area contributed by atoms with Gasteiger partial charge in [-0.2, -0.15) is 0 Å². The SMILES string of the molecule is COCCNC(=O)C1CC[NH+](Cc2cc(OC)ccc2OC)CC1. The summed E-state index contributed by atoms with van der Waals surface area (Å²) < 4.78 is 15.7. The van der Waals surface area contributed by atoms with Gasteiger partial charge in [-0.3, -0.25) is 4.79 Å². The van der Waals surface area contributed by atoms with Crippen LogP contribution in [0.4, 0.5) is 0 Å². The van der Waals surface area contributed by atoms with Crippen molar-refractivity contribution in [2.75, 3.05) is 47.6 Å². The van der Waals surface area contributed by atoms with Crippen LogP contribution in [-0.4, -0.2) is 53.5 Å². The topological polar surface area (TPSA) is 61.2 Å². The third-order valence-corrected chi connectivity index (χ3v) is 4.60. The molecule has 6 nitrogen and oxygen atoms in total. The zero-order valence-electron chi connectivity index (χ0n) is 14.9. The molecule has 0 aromatic heterocycles. The molecule has 2 rings (SSSR count). The molecule has 0 saturated carbocycles. The molecule has 1 aliphatic rings. The highest BCUT2D eigenvalue weighted by atomic mass is 16.5. The first kappa shape index (κ1) is 18.5. The third kappa shape index (κ3) is 5.11. The molecule has 1 heterocycles. The van der Waals surface area contributed by atoms with Gasteiger partial charge in [0, 0.05) is 32.4 Å². The second-order valence-corrected chi connectivity index (χ2v) is 6.16. The van der Waals surface area contributed by atoms with Gasteiger partial charge in [0.05, 0.1) is 39.5 Å². The zero-order chi connectivity index (χ0) is 17.4. The van der Waals surface area contributed by atoms with Gasteiger partial charge in [0.2, 0.25) is 5.91 Å². The number of likely N-dealkylation sites (tertiary alicyclic amines) is 1. The molecule has 1 fully saturated rings. The number of amides is 1. The molecule has 1 saturated heterocycles. The quantitative estimate of drug-likeness (QED) is 0.668. The van der Waals surface area contributed by atoms with Gasteiger partial charge in [-0.25, -0.2) is 0 Å². The monoisotopic (exact) mass is 337 g/mol. The molecule has 1 aliphatic heterocycles. The van der Waals surface area contributed by atoms with E-state index in [1.807, 2.05) is 18.2 Å². The molecule has 1 aromatic carbocycles. The van der Waals surface area contributed by atoms with Crippen molar-refractivity contribution < 1.29 is 23.9 Å². The molecule has 0 bridgehead atoms. The van der Waals surface area contributed by atoms with Crippen molar-refractivity contribution in [2.24, 2.45) is 5.92 Å². The first-order valence-electron chi connectivity index (χ1n) is 8.49. The maximum atomic E-state index is 12.1. The van der Waals surface area contributed by atoms with Gasteiger partial charge in [0.1, 0.15) is 18.0 Å². The lowest BCUT2D eigenvalue weighted by Crippen LogP contribution is -3.11. The predicted octanol–water partition coefficient (Wildman–Crippen LogP) is 0.261. The Balaban J connectivity index is 1.86. The number of carbonyl (C=O) groups excluding carboxylic acids is 1. The number of ether oxygens (including phenoxy) is 3. The highest BCUT2D eigenvalue weighted by Gasteiger charge is 2.27. The molecular formula is C18H29N2O4+. The Bertz CT molecular complexity index is 528. The minimum absolute atomic E-state index is 0.123. The summed E-state index contributed by atoms with van der Waals surface area (Å²) in [5.41, 5.74) is 1.15. The summed E-state index contributed by atoms with van der Waals surface area (Å²) in [7, 11) is 5.00. The number of hydrogen-bond donors (Lipinski definition) is 2. The van der Waals surface area contributed by atoms with Crippen LogP contribution in [0.3, 0.4) is 0 Å². The van der Waals surface area contributed by atoms with Crippen LogP contribution >= 0.6 is 0 Å². The van der Waals surface area contributed by atoms with E-state index < -0.39 is 0 Å². The molecule has 134 valence electrons. The van der Waals surface area contributed by atoms with Gasteiger partial charge >= 0.3 is 0 Å². The summed E-state index contributed by atoms with van der Waals surface area (Å²) in [6.07, 6.45) is 1.83. The summed E-state index contributed by atoms with van der Waals surface area (Å²) in [6, 6.07) is 5.90. The van der Waals surface area contributed by atoms with Gasteiger partial charge in [-0.15, -0.1) is 0 Å². The van der Waals surface area contributed by atoms with Crippen molar-refractivity contribution in [2.45, 2.75) is 19.4 Å². The molecule has 6 heteroatoms. The average molecular weight is 337 g/mol. The van der Waals surface area contributed by atoms with Crippen LogP contribution in [0.25, 0.3) is 0 Å². The number of carbonyl (C=O) groups is 1. The Morgan fingerprint density at radius 1 is 1.21 bits per heavy atom. The molecule has 24 heavy (non-hydrogen) atoms. The van der Waals surface area contributed by atoms with Crippen LogP contribution in [0, 0.1) is 5.92 Å². The van der Waals surface area contributed by atoms with E-state index in [0.717, 1.165) is 49.5 Å². The lowest BCUT2D eigenvalue weighted by Gasteiger charge is -2.29. The maximum absolute atomic E-state index is 12.1. The highest BCUT2D eigenvalue weighted by molar-refractivity contribution is 5.78. The smallest absolute Gasteiger partial charge is 0.223 e. The van der Waals surface area contributed by atoms with Crippen molar-refractivity contribution >= 4 is 5.91 Å². The zero-order valence-corrected chi connectivity index (χ0v) is 14.9. The number of piperidine rings is 1. The van der Waals surface area contributed by atoms with E-state index in [0.29, 0.717) is 13.2 Å². The lowest BCUT2D eigenvalue weighted by molar-refractivity contribution is -0.919. The van der Waals surface area contributed by atoms with Crippen molar-refractivity contribution in [3.05, 3.63) is 23.8 Å². The summed E-state index contributed by atoms with van der Waals surface area (Å²) in [5, 5.41) is 2.94. The number of rotatable bonds is 8. The van der Waals surface area contributed by atoms with Gasteiger partial charge < -0.3 is 24.4 Å². The van der Waals surface area contributed by atoms with Crippen LogP contribution in [0.2, 0.25) is 0 Å². The number of methoxy groups -OCH3 is 3. The molecule has 0 spiro atoms. The summed E-state index contributed by atoms with van der Waals surface area (Å²) >= 11 is 0. The van der Waals surface area contributed by atoms with Crippen LogP contribution in [-0.2, 0) is 16.1 Å². The van der Waals surface area contributed by atoms with Crippen LogP contribution < -0.4 is 19.7 Å². The Morgan fingerprint density at radius 3 is 2.58 bits per heavy atom. The Hall–Kier alpha value is -1.79. The van der Waals surface area contributed by atoms with Crippen LogP contribution in [0.1, 0.15) is 18.4 Å². The minimum Gasteiger partial charge on any atom is -0.497 e. The van der Waals surface area contributed by atoms with Gasteiger partial charge in [0.25, 0.3) is 0 Å². The third-order valence-electron chi connectivity index (χ3n) is 4.60. The van der Waals surface area contributed by atoms with E-state index >= 15 is 0 Å². The van der Waals surface area contributed by atoms with Gasteiger partial charge in [-0.05, 0) is 18.2 Å². The Morgan fingerprint density at radius 2 is 1.96 bits per heavy atom. The Kier molecular flexibility index (Phi) is 7.34. The molecular weight excluding hydrogens is 308 g/mol. The Labute approximate surface area is 144 Å².